The maximum atomic E-state index is 11.9. The molecular weight excluding hydrogens is 288 g/mol. The molecule has 3 heteroatoms. The Morgan fingerprint density at radius 3 is 2.09 bits per heavy atom. The number of esters is 1. The lowest BCUT2D eigenvalue weighted by Crippen LogP contribution is -2.06. The van der Waals surface area contributed by atoms with Crippen LogP contribution in [0.5, 0.6) is 0 Å². The topological polar surface area (TPSA) is 46.5 Å². The number of aliphatic hydroxyl groups excluding tert-OH is 1. The molecular formula is C20H24O3. The van der Waals surface area contributed by atoms with Gasteiger partial charge in [0.15, 0.2) is 0 Å². The Bertz CT molecular complexity index is 612. The zero-order valence-electron chi connectivity index (χ0n) is 13.8. The van der Waals surface area contributed by atoms with Crippen molar-refractivity contribution in [2.45, 2.75) is 39.2 Å². The summed E-state index contributed by atoms with van der Waals surface area (Å²) >= 11 is 0. The lowest BCUT2D eigenvalue weighted by atomic mass is 10.0. The summed E-state index contributed by atoms with van der Waals surface area (Å²) in [6.07, 6.45) is 2.64. The molecule has 0 saturated carbocycles. The second-order valence-corrected chi connectivity index (χ2v) is 5.72. The fourth-order valence-corrected chi connectivity index (χ4v) is 2.35. The van der Waals surface area contributed by atoms with E-state index in [1.807, 2.05) is 36.4 Å². The van der Waals surface area contributed by atoms with Gasteiger partial charge >= 0.3 is 5.97 Å². The molecule has 0 heterocycles. The van der Waals surface area contributed by atoms with E-state index in [1.54, 1.807) is 19.1 Å². The van der Waals surface area contributed by atoms with Gasteiger partial charge in [0.05, 0.1) is 18.3 Å². The number of rotatable bonds is 7. The van der Waals surface area contributed by atoms with Gasteiger partial charge in [0.2, 0.25) is 0 Å². The van der Waals surface area contributed by atoms with Gasteiger partial charge in [-0.25, -0.2) is 4.79 Å². The van der Waals surface area contributed by atoms with Gasteiger partial charge in [0.25, 0.3) is 0 Å². The van der Waals surface area contributed by atoms with E-state index >= 15 is 0 Å². The summed E-state index contributed by atoms with van der Waals surface area (Å²) in [6.45, 7) is 4.35. The molecule has 0 bridgehead atoms. The average molecular weight is 312 g/mol. The Morgan fingerprint density at radius 2 is 1.57 bits per heavy atom. The molecule has 0 aliphatic heterocycles. The average Bonchev–Trinajstić information content (AvgIpc) is 2.59. The van der Waals surface area contributed by atoms with E-state index in [0.717, 1.165) is 36.0 Å². The molecule has 0 fully saturated rings. The normalized spacial score (nSPS) is 12.0. The van der Waals surface area contributed by atoms with Crippen molar-refractivity contribution < 1.29 is 14.6 Å². The standard InChI is InChI=1S/C20H24O3/c1-3-4-5-14-23-20(22)19-12-10-18(11-13-19)17-8-6-16(7-9-17)15(2)21/h6-13,15,21H,3-5,14H2,1-2H3. The first-order chi connectivity index (χ1) is 11.1. The highest BCUT2D eigenvalue weighted by molar-refractivity contribution is 5.90. The Balaban J connectivity index is 2.00. The number of hydrogen-bond donors (Lipinski definition) is 1. The van der Waals surface area contributed by atoms with Crippen LogP contribution in [-0.2, 0) is 4.74 Å². The van der Waals surface area contributed by atoms with Crippen molar-refractivity contribution in [3.63, 3.8) is 0 Å². The van der Waals surface area contributed by atoms with Crippen molar-refractivity contribution in [2.75, 3.05) is 6.61 Å². The lowest BCUT2D eigenvalue weighted by Gasteiger charge is -2.08. The van der Waals surface area contributed by atoms with Crippen LogP contribution < -0.4 is 0 Å². The minimum Gasteiger partial charge on any atom is -0.462 e. The minimum atomic E-state index is -0.464. The van der Waals surface area contributed by atoms with Crippen LogP contribution in [0, 0.1) is 0 Å². The Labute approximate surface area is 137 Å². The summed E-state index contributed by atoms with van der Waals surface area (Å²) in [5.41, 5.74) is 3.55. The van der Waals surface area contributed by atoms with Crippen molar-refractivity contribution in [1.29, 1.82) is 0 Å². The van der Waals surface area contributed by atoms with Gasteiger partial charge in [0.1, 0.15) is 0 Å². The van der Waals surface area contributed by atoms with Crippen molar-refractivity contribution in [3.05, 3.63) is 59.7 Å². The van der Waals surface area contributed by atoms with E-state index in [2.05, 4.69) is 6.92 Å². The molecule has 0 saturated heterocycles. The predicted octanol–water partition coefficient (Wildman–Crippen LogP) is 4.75. The van der Waals surface area contributed by atoms with Crippen LogP contribution in [-0.4, -0.2) is 17.7 Å². The number of carbonyl (C=O) groups excluding carboxylic acids is 1. The van der Waals surface area contributed by atoms with Crippen LogP contribution in [0.3, 0.4) is 0 Å². The van der Waals surface area contributed by atoms with Crippen LogP contribution in [0.4, 0.5) is 0 Å². The summed E-state index contributed by atoms with van der Waals surface area (Å²) in [7, 11) is 0. The molecule has 0 spiro atoms. The van der Waals surface area contributed by atoms with Crippen LogP contribution >= 0.6 is 0 Å². The zero-order valence-corrected chi connectivity index (χ0v) is 13.8. The number of benzene rings is 2. The fraction of sp³-hybridized carbons (Fsp3) is 0.350. The van der Waals surface area contributed by atoms with Gasteiger partial charge < -0.3 is 9.84 Å². The molecule has 23 heavy (non-hydrogen) atoms. The number of unbranched alkanes of at least 4 members (excludes halogenated alkanes) is 2. The minimum absolute atomic E-state index is 0.267. The Morgan fingerprint density at radius 1 is 1.00 bits per heavy atom. The van der Waals surface area contributed by atoms with Crippen molar-refractivity contribution in [3.8, 4) is 11.1 Å². The van der Waals surface area contributed by atoms with E-state index in [-0.39, 0.29) is 5.97 Å². The molecule has 2 aromatic rings. The Hall–Kier alpha value is -2.13. The molecule has 2 rings (SSSR count). The highest BCUT2D eigenvalue weighted by atomic mass is 16.5. The number of carbonyl (C=O) groups is 1. The van der Waals surface area contributed by atoms with Crippen molar-refractivity contribution in [2.24, 2.45) is 0 Å². The first-order valence-corrected chi connectivity index (χ1v) is 8.17. The van der Waals surface area contributed by atoms with Crippen LogP contribution in [0.25, 0.3) is 11.1 Å². The van der Waals surface area contributed by atoms with E-state index in [0.29, 0.717) is 12.2 Å². The summed E-state index contributed by atoms with van der Waals surface area (Å²) < 4.78 is 5.25. The van der Waals surface area contributed by atoms with Gasteiger partial charge in [-0.05, 0) is 42.2 Å². The molecule has 2 aromatic carbocycles. The fourth-order valence-electron chi connectivity index (χ4n) is 2.35. The third kappa shape index (κ3) is 4.93. The van der Waals surface area contributed by atoms with Gasteiger partial charge in [-0.3, -0.25) is 0 Å². The summed E-state index contributed by atoms with van der Waals surface area (Å²) in [5.74, 6) is -0.267. The van der Waals surface area contributed by atoms with Crippen LogP contribution in [0.15, 0.2) is 48.5 Å². The third-order valence-corrected chi connectivity index (χ3v) is 3.83. The number of aliphatic hydroxyl groups is 1. The Kier molecular flexibility index (Phi) is 6.36. The van der Waals surface area contributed by atoms with Crippen LogP contribution in [0.1, 0.15) is 55.1 Å². The first kappa shape index (κ1) is 17.2. The zero-order chi connectivity index (χ0) is 16.7. The molecule has 0 aliphatic rings. The molecule has 0 aliphatic carbocycles. The monoisotopic (exact) mass is 312 g/mol. The predicted molar refractivity (Wildman–Crippen MR) is 92.3 cm³/mol. The second-order valence-electron chi connectivity index (χ2n) is 5.72. The highest BCUT2D eigenvalue weighted by Gasteiger charge is 2.07. The van der Waals surface area contributed by atoms with Gasteiger partial charge in [-0.1, -0.05) is 56.2 Å². The smallest absolute Gasteiger partial charge is 0.338 e. The molecule has 0 radical (unpaired) electrons. The van der Waals surface area contributed by atoms with Gasteiger partial charge in [-0.15, -0.1) is 0 Å². The molecule has 0 aromatic heterocycles. The maximum Gasteiger partial charge on any atom is 0.338 e. The van der Waals surface area contributed by atoms with Crippen molar-refractivity contribution >= 4 is 5.97 Å². The SMILES string of the molecule is CCCCCOC(=O)c1ccc(-c2ccc(C(C)O)cc2)cc1. The van der Waals surface area contributed by atoms with E-state index in [4.69, 9.17) is 4.74 Å². The quantitative estimate of drug-likeness (QED) is 0.592. The third-order valence-electron chi connectivity index (χ3n) is 3.83. The van der Waals surface area contributed by atoms with Crippen LogP contribution in [0.2, 0.25) is 0 Å². The summed E-state index contributed by atoms with van der Waals surface area (Å²) in [6, 6.07) is 15.2. The molecule has 0 amide bonds. The second kappa shape index (κ2) is 8.49. The highest BCUT2D eigenvalue weighted by Crippen LogP contribution is 2.22. The largest absolute Gasteiger partial charge is 0.462 e. The number of hydrogen-bond acceptors (Lipinski definition) is 3. The molecule has 3 nitrogen and oxygen atoms in total. The number of ether oxygens (including phenoxy) is 1. The molecule has 122 valence electrons. The van der Waals surface area contributed by atoms with Crippen molar-refractivity contribution in [1.82, 2.24) is 0 Å². The van der Waals surface area contributed by atoms with E-state index in [1.165, 1.54) is 0 Å². The van der Waals surface area contributed by atoms with E-state index in [9.17, 15) is 9.90 Å². The maximum absolute atomic E-state index is 11.9. The first-order valence-electron chi connectivity index (χ1n) is 8.17. The van der Waals surface area contributed by atoms with Gasteiger partial charge in [-0.2, -0.15) is 0 Å². The molecule has 1 atom stereocenters. The summed E-state index contributed by atoms with van der Waals surface area (Å²) in [5, 5.41) is 9.54. The summed E-state index contributed by atoms with van der Waals surface area (Å²) in [4.78, 5) is 11.9. The van der Waals surface area contributed by atoms with Gasteiger partial charge in [0, 0.05) is 0 Å². The van der Waals surface area contributed by atoms with E-state index < -0.39 is 6.10 Å². The lowest BCUT2D eigenvalue weighted by molar-refractivity contribution is 0.0498. The molecule has 1 unspecified atom stereocenters. The molecule has 1 N–H and O–H groups in total.